The van der Waals surface area contributed by atoms with Crippen molar-refractivity contribution in [1.82, 2.24) is 0 Å². The summed E-state index contributed by atoms with van der Waals surface area (Å²) in [5.41, 5.74) is 7.90. The molecule has 1 aromatic carbocycles. The predicted octanol–water partition coefficient (Wildman–Crippen LogP) is 2.89. The molecule has 15 heavy (non-hydrogen) atoms. The third-order valence-corrected chi connectivity index (χ3v) is 2.73. The second kappa shape index (κ2) is 4.49. The van der Waals surface area contributed by atoms with E-state index in [4.69, 9.17) is 10.2 Å². The summed E-state index contributed by atoms with van der Waals surface area (Å²) in [6, 6.07) is 8.23. The van der Waals surface area contributed by atoms with Crippen LogP contribution in [0.15, 0.2) is 28.7 Å². The van der Waals surface area contributed by atoms with Gasteiger partial charge in [0.1, 0.15) is 11.3 Å². The quantitative estimate of drug-likeness (QED) is 0.829. The molecule has 2 N–H and O–H groups in total. The second-order valence-corrected chi connectivity index (χ2v) is 3.75. The van der Waals surface area contributed by atoms with Crippen LogP contribution in [-0.2, 0) is 12.8 Å². The molecule has 0 bridgehead atoms. The van der Waals surface area contributed by atoms with Crippen LogP contribution in [0.25, 0.3) is 11.0 Å². The van der Waals surface area contributed by atoms with Crippen LogP contribution in [0.4, 0.5) is 0 Å². The number of furan rings is 1. The summed E-state index contributed by atoms with van der Waals surface area (Å²) in [6.07, 6.45) is 3.00. The molecule has 0 atom stereocenters. The maximum absolute atomic E-state index is 5.80. The average molecular weight is 203 g/mol. The molecule has 0 fully saturated rings. The van der Waals surface area contributed by atoms with Gasteiger partial charge in [0.25, 0.3) is 0 Å². The van der Waals surface area contributed by atoms with Gasteiger partial charge in [-0.1, -0.05) is 25.1 Å². The fourth-order valence-corrected chi connectivity index (χ4v) is 1.99. The fourth-order valence-electron chi connectivity index (χ4n) is 1.99. The highest BCUT2D eigenvalue weighted by Gasteiger charge is 2.11. The summed E-state index contributed by atoms with van der Waals surface area (Å²) >= 11 is 0. The molecule has 0 aliphatic heterocycles. The van der Waals surface area contributed by atoms with Crippen LogP contribution in [0.2, 0.25) is 0 Å². The van der Waals surface area contributed by atoms with Crippen molar-refractivity contribution in [2.75, 3.05) is 6.54 Å². The zero-order valence-corrected chi connectivity index (χ0v) is 9.12. The minimum absolute atomic E-state index is 0.739. The van der Waals surface area contributed by atoms with Gasteiger partial charge in [-0.05, 0) is 25.5 Å². The Bertz CT molecular complexity index is 445. The van der Waals surface area contributed by atoms with E-state index in [1.807, 2.05) is 12.1 Å². The molecule has 1 aromatic heterocycles. The summed E-state index contributed by atoms with van der Waals surface area (Å²) in [4.78, 5) is 0. The summed E-state index contributed by atoms with van der Waals surface area (Å²) in [5.74, 6) is 1.12. The number of rotatable bonds is 4. The molecule has 0 saturated heterocycles. The molecule has 80 valence electrons. The minimum Gasteiger partial charge on any atom is -0.461 e. The highest BCUT2D eigenvalue weighted by atomic mass is 16.3. The lowest BCUT2D eigenvalue weighted by Gasteiger charge is -1.99. The first-order valence-corrected chi connectivity index (χ1v) is 5.56. The zero-order valence-electron chi connectivity index (χ0n) is 9.12. The largest absolute Gasteiger partial charge is 0.461 e. The van der Waals surface area contributed by atoms with Crippen LogP contribution in [0, 0.1) is 0 Å². The van der Waals surface area contributed by atoms with Crippen molar-refractivity contribution in [1.29, 1.82) is 0 Å². The lowest BCUT2D eigenvalue weighted by atomic mass is 10.0. The van der Waals surface area contributed by atoms with Gasteiger partial charge in [-0.25, -0.2) is 0 Å². The molecule has 0 amide bonds. The van der Waals surface area contributed by atoms with Crippen LogP contribution in [0.1, 0.15) is 24.7 Å². The van der Waals surface area contributed by atoms with Gasteiger partial charge in [-0.2, -0.15) is 0 Å². The van der Waals surface area contributed by atoms with E-state index >= 15 is 0 Å². The van der Waals surface area contributed by atoms with Crippen molar-refractivity contribution in [3.8, 4) is 0 Å². The van der Waals surface area contributed by atoms with Crippen molar-refractivity contribution in [3.63, 3.8) is 0 Å². The third-order valence-electron chi connectivity index (χ3n) is 2.73. The molecule has 0 spiro atoms. The van der Waals surface area contributed by atoms with E-state index in [-0.39, 0.29) is 0 Å². The molecule has 2 nitrogen and oxygen atoms in total. The molecule has 0 saturated carbocycles. The van der Waals surface area contributed by atoms with Crippen molar-refractivity contribution < 1.29 is 4.42 Å². The summed E-state index contributed by atoms with van der Waals surface area (Å²) in [6.45, 7) is 2.87. The zero-order chi connectivity index (χ0) is 10.7. The normalized spacial score (nSPS) is 11.1. The number of hydrogen-bond acceptors (Lipinski definition) is 2. The molecule has 2 rings (SSSR count). The number of hydrogen-bond donors (Lipinski definition) is 1. The number of benzene rings is 1. The van der Waals surface area contributed by atoms with Gasteiger partial charge < -0.3 is 10.2 Å². The van der Waals surface area contributed by atoms with Crippen LogP contribution in [0.5, 0.6) is 0 Å². The van der Waals surface area contributed by atoms with Gasteiger partial charge in [-0.15, -0.1) is 0 Å². The van der Waals surface area contributed by atoms with Crippen LogP contribution >= 0.6 is 0 Å². The summed E-state index contributed by atoms with van der Waals surface area (Å²) < 4.78 is 5.80. The van der Waals surface area contributed by atoms with Crippen molar-refractivity contribution in [2.45, 2.75) is 26.2 Å². The molecule has 0 unspecified atom stereocenters. The monoisotopic (exact) mass is 203 g/mol. The Morgan fingerprint density at radius 1 is 1.27 bits per heavy atom. The Hall–Kier alpha value is -1.28. The number of aryl methyl sites for hydroxylation is 2. The maximum atomic E-state index is 5.80. The highest BCUT2D eigenvalue weighted by Crippen LogP contribution is 2.27. The first-order valence-electron chi connectivity index (χ1n) is 5.56. The van der Waals surface area contributed by atoms with Crippen molar-refractivity contribution in [2.24, 2.45) is 5.73 Å². The van der Waals surface area contributed by atoms with E-state index in [0.717, 1.165) is 37.2 Å². The van der Waals surface area contributed by atoms with E-state index in [1.165, 1.54) is 10.9 Å². The summed E-state index contributed by atoms with van der Waals surface area (Å²) in [5, 5.41) is 1.25. The van der Waals surface area contributed by atoms with E-state index in [2.05, 4.69) is 19.1 Å². The number of nitrogens with two attached hydrogens (primary N) is 1. The second-order valence-electron chi connectivity index (χ2n) is 3.75. The first-order chi connectivity index (χ1) is 7.36. The molecule has 0 aliphatic carbocycles. The van der Waals surface area contributed by atoms with E-state index in [0.29, 0.717) is 0 Å². The Kier molecular flexibility index (Phi) is 3.07. The lowest BCUT2D eigenvalue weighted by Crippen LogP contribution is -2.01. The predicted molar refractivity (Wildman–Crippen MR) is 63.0 cm³/mol. The van der Waals surface area contributed by atoms with E-state index in [1.54, 1.807) is 0 Å². The van der Waals surface area contributed by atoms with Gasteiger partial charge in [0.15, 0.2) is 0 Å². The SMILES string of the molecule is CCc1oc2ccccc2c1CCCN. The molecular weight excluding hydrogens is 186 g/mol. The Balaban J connectivity index is 2.47. The van der Waals surface area contributed by atoms with E-state index in [9.17, 15) is 0 Å². The van der Waals surface area contributed by atoms with Gasteiger partial charge in [0.2, 0.25) is 0 Å². The Morgan fingerprint density at radius 2 is 2.07 bits per heavy atom. The van der Waals surface area contributed by atoms with Gasteiger partial charge in [-0.3, -0.25) is 0 Å². The molecule has 2 aromatic rings. The van der Waals surface area contributed by atoms with Crippen LogP contribution in [-0.4, -0.2) is 6.54 Å². The summed E-state index contributed by atoms with van der Waals surface area (Å²) in [7, 11) is 0. The highest BCUT2D eigenvalue weighted by molar-refractivity contribution is 5.82. The van der Waals surface area contributed by atoms with Gasteiger partial charge >= 0.3 is 0 Å². The van der Waals surface area contributed by atoms with Crippen LogP contribution in [0.3, 0.4) is 0 Å². The number of fused-ring (bicyclic) bond motifs is 1. The van der Waals surface area contributed by atoms with Crippen molar-refractivity contribution >= 4 is 11.0 Å². The van der Waals surface area contributed by atoms with Crippen LogP contribution < -0.4 is 5.73 Å². The van der Waals surface area contributed by atoms with Gasteiger partial charge in [0.05, 0.1) is 0 Å². The van der Waals surface area contributed by atoms with Gasteiger partial charge in [0, 0.05) is 17.4 Å². The molecule has 1 heterocycles. The molecule has 0 radical (unpaired) electrons. The van der Waals surface area contributed by atoms with Crippen molar-refractivity contribution in [3.05, 3.63) is 35.6 Å². The molecule has 2 heteroatoms. The first kappa shape index (κ1) is 10.2. The van der Waals surface area contributed by atoms with E-state index < -0.39 is 0 Å². The Morgan fingerprint density at radius 3 is 2.80 bits per heavy atom. The molecule has 0 aliphatic rings. The minimum atomic E-state index is 0.739. The smallest absolute Gasteiger partial charge is 0.134 e. The number of para-hydroxylation sites is 1. The average Bonchev–Trinajstić information content (AvgIpc) is 2.64. The Labute approximate surface area is 90.1 Å². The molecular formula is C13H17NO. The maximum Gasteiger partial charge on any atom is 0.134 e. The standard InChI is InChI=1S/C13H17NO/c1-2-12-10(7-5-9-14)11-6-3-4-8-13(11)15-12/h3-4,6,8H,2,5,7,9,14H2,1H3. The fraction of sp³-hybridized carbons (Fsp3) is 0.385. The topological polar surface area (TPSA) is 39.2 Å². The lowest BCUT2D eigenvalue weighted by molar-refractivity contribution is 0.549. The third kappa shape index (κ3) is 1.90.